The third-order valence-corrected chi connectivity index (χ3v) is 2.06. The Morgan fingerprint density at radius 1 is 1.12 bits per heavy atom. The highest BCUT2D eigenvalue weighted by molar-refractivity contribution is 5.92. The van der Waals surface area contributed by atoms with Crippen LogP contribution in [0, 0.1) is 6.92 Å². The van der Waals surface area contributed by atoms with E-state index in [1.807, 2.05) is 46.8 Å². The van der Waals surface area contributed by atoms with Crippen molar-refractivity contribution in [2.45, 2.75) is 46.8 Å². The van der Waals surface area contributed by atoms with Gasteiger partial charge < -0.3 is 9.47 Å². The maximum atomic E-state index is 11.9. The quantitative estimate of drug-likeness (QED) is 0.752. The molecular formula is C14H20O3. The molecule has 0 saturated heterocycles. The predicted molar refractivity (Wildman–Crippen MR) is 67.5 cm³/mol. The van der Waals surface area contributed by atoms with Crippen molar-refractivity contribution < 1.29 is 14.3 Å². The van der Waals surface area contributed by atoms with Crippen molar-refractivity contribution >= 4 is 5.97 Å². The molecule has 0 aliphatic heterocycles. The SMILES string of the molecule is Cc1ccc(C(=O)OC(C)C)c(OC(C)C)c1. The highest BCUT2D eigenvalue weighted by Gasteiger charge is 2.16. The second kappa shape index (κ2) is 5.71. The van der Waals surface area contributed by atoms with E-state index in [2.05, 4.69) is 0 Å². The van der Waals surface area contributed by atoms with E-state index in [-0.39, 0.29) is 18.2 Å². The number of hydrogen-bond acceptors (Lipinski definition) is 3. The molecule has 0 aromatic heterocycles. The van der Waals surface area contributed by atoms with Gasteiger partial charge in [-0.15, -0.1) is 0 Å². The summed E-state index contributed by atoms with van der Waals surface area (Å²) in [6.45, 7) is 9.48. The van der Waals surface area contributed by atoms with Crippen LogP contribution in [0.15, 0.2) is 18.2 Å². The van der Waals surface area contributed by atoms with Gasteiger partial charge in [-0.2, -0.15) is 0 Å². The van der Waals surface area contributed by atoms with E-state index < -0.39 is 0 Å². The van der Waals surface area contributed by atoms with E-state index in [4.69, 9.17) is 9.47 Å². The molecule has 0 fully saturated rings. The van der Waals surface area contributed by atoms with Crippen LogP contribution in [0.2, 0.25) is 0 Å². The van der Waals surface area contributed by atoms with Crippen LogP contribution in [0.25, 0.3) is 0 Å². The van der Waals surface area contributed by atoms with Gasteiger partial charge >= 0.3 is 5.97 Å². The molecule has 0 atom stereocenters. The number of rotatable bonds is 4. The standard InChI is InChI=1S/C14H20O3/c1-9(2)16-13-8-11(5)6-7-12(13)14(15)17-10(3)4/h6-10H,1-5H3. The maximum Gasteiger partial charge on any atom is 0.342 e. The second-order valence-corrected chi connectivity index (χ2v) is 4.62. The molecular weight excluding hydrogens is 216 g/mol. The van der Waals surface area contributed by atoms with Crippen LogP contribution < -0.4 is 4.74 Å². The van der Waals surface area contributed by atoms with Crippen molar-refractivity contribution in [1.82, 2.24) is 0 Å². The minimum Gasteiger partial charge on any atom is -0.490 e. The summed E-state index contributed by atoms with van der Waals surface area (Å²) in [6.07, 6.45) is -0.0990. The lowest BCUT2D eigenvalue weighted by molar-refractivity contribution is 0.0372. The van der Waals surface area contributed by atoms with Crippen molar-refractivity contribution in [2.24, 2.45) is 0 Å². The van der Waals surface area contributed by atoms with E-state index in [0.717, 1.165) is 5.56 Å². The van der Waals surface area contributed by atoms with Gasteiger partial charge in [-0.1, -0.05) is 6.07 Å². The monoisotopic (exact) mass is 236 g/mol. The summed E-state index contributed by atoms with van der Waals surface area (Å²) in [6, 6.07) is 5.48. The molecule has 94 valence electrons. The molecule has 1 rings (SSSR count). The summed E-state index contributed by atoms with van der Waals surface area (Å²) in [5, 5.41) is 0. The molecule has 1 aromatic carbocycles. The van der Waals surface area contributed by atoms with Gasteiger partial charge in [0.05, 0.1) is 12.2 Å². The van der Waals surface area contributed by atoms with Gasteiger partial charge in [0.2, 0.25) is 0 Å². The summed E-state index contributed by atoms with van der Waals surface area (Å²) in [4.78, 5) is 11.9. The molecule has 0 N–H and O–H groups in total. The molecule has 1 aromatic rings. The average Bonchev–Trinajstić information content (AvgIpc) is 2.15. The lowest BCUT2D eigenvalue weighted by atomic mass is 10.1. The predicted octanol–water partition coefficient (Wildman–Crippen LogP) is 3.35. The minimum atomic E-state index is -0.337. The van der Waals surface area contributed by atoms with Gasteiger partial charge in [-0.3, -0.25) is 0 Å². The lowest BCUT2D eigenvalue weighted by Gasteiger charge is -2.15. The number of esters is 1. The van der Waals surface area contributed by atoms with E-state index in [9.17, 15) is 4.79 Å². The third-order valence-electron chi connectivity index (χ3n) is 2.06. The Labute approximate surface area is 103 Å². The highest BCUT2D eigenvalue weighted by Crippen LogP contribution is 2.22. The number of ether oxygens (including phenoxy) is 2. The van der Waals surface area contributed by atoms with Crippen molar-refractivity contribution in [3.05, 3.63) is 29.3 Å². The molecule has 0 spiro atoms. The van der Waals surface area contributed by atoms with E-state index in [1.54, 1.807) is 6.07 Å². The van der Waals surface area contributed by atoms with Crippen LogP contribution in [-0.2, 0) is 4.74 Å². The fourth-order valence-electron chi connectivity index (χ4n) is 1.43. The molecule has 0 unspecified atom stereocenters. The fraction of sp³-hybridized carbons (Fsp3) is 0.500. The molecule has 0 aliphatic rings. The Bertz CT molecular complexity index is 394. The van der Waals surface area contributed by atoms with Crippen LogP contribution in [0.3, 0.4) is 0 Å². The van der Waals surface area contributed by atoms with E-state index in [1.165, 1.54) is 0 Å². The number of carbonyl (C=O) groups is 1. The zero-order chi connectivity index (χ0) is 13.0. The number of carbonyl (C=O) groups excluding carboxylic acids is 1. The Morgan fingerprint density at radius 2 is 1.76 bits per heavy atom. The first-order valence-electron chi connectivity index (χ1n) is 5.88. The van der Waals surface area contributed by atoms with Crippen molar-refractivity contribution in [3.63, 3.8) is 0 Å². The van der Waals surface area contributed by atoms with Gasteiger partial charge in [-0.05, 0) is 52.3 Å². The van der Waals surface area contributed by atoms with Crippen LogP contribution in [0.5, 0.6) is 5.75 Å². The van der Waals surface area contributed by atoms with Crippen LogP contribution in [0.4, 0.5) is 0 Å². The van der Waals surface area contributed by atoms with Crippen LogP contribution >= 0.6 is 0 Å². The molecule has 3 nitrogen and oxygen atoms in total. The largest absolute Gasteiger partial charge is 0.490 e. The van der Waals surface area contributed by atoms with E-state index in [0.29, 0.717) is 11.3 Å². The van der Waals surface area contributed by atoms with Gasteiger partial charge in [0, 0.05) is 0 Å². The summed E-state index contributed by atoms with van der Waals surface area (Å²) in [5.41, 5.74) is 1.54. The molecule has 0 aliphatic carbocycles. The summed E-state index contributed by atoms with van der Waals surface area (Å²) in [7, 11) is 0. The Hall–Kier alpha value is -1.51. The second-order valence-electron chi connectivity index (χ2n) is 4.62. The van der Waals surface area contributed by atoms with Gasteiger partial charge in [0.1, 0.15) is 11.3 Å². The topological polar surface area (TPSA) is 35.5 Å². The molecule has 0 amide bonds. The first kappa shape index (κ1) is 13.6. The molecule has 0 saturated carbocycles. The molecule has 17 heavy (non-hydrogen) atoms. The molecule has 0 bridgehead atoms. The first-order chi connectivity index (χ1) is 7.90. The lowest BCUT2D eigenvalue weighted by Crippen LogP contribution is -2.15. The molecule has 3 heteroatoms. The van der Waals surface area contributed by atoms with Crippen LogP contribution in [0.1, 0.15) is 43.6 Å². The van der Waals surface area contributed by atoms with Crippen molar-refractivity contribution in [2.75, 3.05) is 0 Å². The van der Waals surface area contributed by atoms with E-state index >= 15 is 0 Å². The zero-order valence-electron chi connectivity index (χ0n) is 11.1. The fourth-order valence-corrected chi connectivity index (χ4v) is 1.43. The van der Waals surface area contributed by atoms with Gasteiger partial charge in [-0.25, -0.2) is 4.79 Å². The normalized spacial score (nSPS) is 10.8. The summed E-state index contributed by atoms with van der Waals surface area (Å²) < 4.78 is 10.8. The number of benzene rings is 1. The van der Waals surface area contributed by atoms with Gasteiger partial charge in [0.25, 0.3) is 0 Å². The number of hydrogen-bond donors (Lipinski definition) is 0. The smallest absolute Gasteiger partial charge is 0.342 e. The summed E-state index contributed by atoms with van der Waals surface area (Å²) in [5.74, 6) is 0.251. The van der Waals surface area contributed by atoms with Crippen molar-refractivity contribution in [1.29, 1.82) is 0 Å². The molecule has 0 heterocycles. The Balaban J connectivity index is 3.01. The maximum absolute atomic E-state index is 11.9. The number of aryl methyl sites for hydroxylation is 1. The average molecular weight is 236 g/mol. The Morgan fingerprint density at radius 3 is 2.29 bits per heavy atom. The van der Waals surface area contributed by atoms with Crippen LogP contribution in [-0.4, -0.2) is 18.2 Å². The first-order valence-corrected chi connectivity index (χ1v) is 5.88. The van der Waals surface area contributed by atoms with Gasteiger partial charge in [0.15, 0.2) is 0 Å². The highest BCUT2D eigenvalue weighted by atomic mass is 16.5. The van der Waals surface area contributed by atoms with Crippen molar-refractivity contribution in [3.8, 4) is 5.75 Å². The zero-order valence-corrected chi connectivity index (χ0v) is 11.1. The minimum absolute atomic E-state index is 0.0300. The summed E-state index contributed by atoms with van der Waals surface area (Å²) >= 11 is 0. The molecule has 0 radical (unpaired) electrons. The third kappa shape index (κ3) is 4.10. The Kier molecular flexibility index (Phi) is 4.55.